The predicted octanol–water partition coefficient (Wildman–Crippen LogP) is -0.738. The fourth-order valence-electron chi connectivity index (χ4n) is 1.74. The Morgan fingerprint density at radius 1 is 1.22 bits per heavy atom. The van der Waals surface area contributed by atoms with Crippen molar-refractivity contribution in [2.75, 3.05) is 52.5 Å². The van der Waals surface area contributed by atoms with Gasteiger partial charge in [-0.1, -0.05) is 0 Å². The molecule has 0 saturated carbocycles. The number of carbonyl (C=O) groups is 2. The smallest absolute Gasteiger partial charge is 0.409 e. The van der Waals surface area contributed by atoms with Crippen molar-refractivity contribution in [2.24, 2.45) is 5.73 Å². The van der Waals surface area contributed by atoms with Gasteiger partial charge in [-0.25, -0.2) is 4.79 Å². The normalized spacial score (nSPS) is 16.6. The number of hydrogen-bond donors (Lipinski definition) is 1. The predicted molar refractivity (Wildman–Crippen MR) is 65.0 cm³/mol. The summed E-state index contributed by atoms with van der Waals surface area (Å²) >= 11 is 0. The van der Waals surface area contributed by atoms with E-state index in [0.717, 1.165) is 19.6 Å². The third-order valence-electron chi connectivity index (χ3n) is 2.69. The zero-order valence-corrected chi connectivity index (χ0v) is 10.8. The van der Waals surface area contributed by atoms with Gasteiger partial charge >= 0.3 is 6.09 Å². The van der Waals surface area contributed by atoms with Crippen molar-refractivity contribution in [1.29, 1.82) is 0 Å². The molecule has 0 aliphatic carbocycles. The first-order chi connectivity index (χ1) is 8.63. The first-order valence-corrected chi connectivity index (χ1v) is 6.13. The SMILES string of the molecule is CCOC(=O)N1CCN(CCOCC(N)=O)CC1. The van der Waals surface area contributed by atoms with Crippen molar-refractivity contribution >= 4 is 12.0 Å². The van der Waals surface area contributed by atoms with E-state index in [2.05, 4.69) is 4.90 Å². The van der Waals surface area contributed by atoms with Crippen LogP contribution < -0.4 is 5.73 Å². The second-order valence-corrected chi connectivity index (χ2v) is 4.05. The summed E-state index contributed by atoms with van der Waals surface area (Å²) in [6.07, 6.45) is -0.248. The second-order valence-electron chi connectivity index (χ2n) is 4.05. The van der Waals surface area contributed by atoms with Gasteiger partial charge in [0.1, 0.15) is 6.61 Å². The van der Waals surface area contributed by atoms with E-state index in [1.54, 1.807) is 11.8 Å². The molecule has 2 N–H and O–H groups in total. The lowest BCUT2D eigenvalue weighted by Gasteiger charge is -2.33. The Hall–Kier alpha value is -1.34. The van der Waals surface area contributed by atoms with Crippen LogP contribution in [-0.4, -0.2) is 74.3 Å². The summed E-state index contributed by atoms with van der Waals surface area (Å²) in [4.78, 5) is 25.8. The maximum absolute atomic E-state index is 11.4. The lowest BCUT2D eigenvalue weighted by molar-refractivity contribution is -0.122. The summed E-state index contributed by atoms with van der Waals surface area (Å²) < 4.78 is 10.0. The van der Waals surface area contributed by atoms with Crippen molar-refractivity contribution in [1.82, 2.24) is 9.80 Å². The highest BCUT2D eigenvalue weighted by Crippen LogP contribution is 2.03. The Morgan fingerprint density at radius 3 is 2.44 bits per heavy atom. The molecule has 0 atom stereocenters. The molecule has 1 saturated heterocycles. The molecule has 7 heteroatoms. The Bertz CT molecular complexity index is 277. The Kier molecular flexibility index (Phi) is 6.45. The topological polar surface area (TPSA) is 85.1 Å². The van der Waals surface area contributed by atoms with Crippen molar-refractivity contribution < 1.29 is 19.1 Å². The molecule has 18 heavy (non-hydrogen) atoms. The van der Waals surface area contributed by atoms with Gasteiger partial charge in [0.05, 0.1) is 13.2 Å². The number of amides is 2. The molecule has 0 aromatic carbocycles. The highest BCUT2D eigenvalue weighted by molar-refractivity contribution is 5.74. The zero-order chi connectivity index (χ0) is 13.4. The number of primary amides is 1. The van der Waals surface area contributed by atoms with Crippen molar-refractivity contribution in [3.63, 3.8) is 0 Å². The van der Waals surface area contributed by atoms with E-state index in [4.69, 9.17) is 15.2 Å². The Morgan fingerprint density at radius 2 is 1.89 bits per heavy atom. The summed E-state index contributed by atoms with van der Waals surface area (Å²) in [5.74, 6) is -0.456. The minimum Gasteiger partial charge on any atom is -0.450 e. The van der Waals surface area contributed by atoms with Gasteiger partial charge in [-0.05, 0) is 6.92 Å². The number of ether oxygens (including phenoxy) is 2. The minimum absolute atomic E-state index is 0.0389. The fourth-order valence-corrected chi connectivity index (χ4v) is 1.74. The van der Waals surface area contributed by atoms with E-state index in [-0.39, 0.29) is 12.7 Å². The van der Waals surface area contributed by atoms with Crippen LogP contribution in [0, 0.1) is 0 Å². The van der Waals surface area contributed by atoms with E-state index < -0.39 is 5.91 Å². The van der Waals surface area contributed by atoms with Gasteiger partial charge in [0.15, 0.2) is 0 Å². The van der Waals surface area contributed by atoms with Crippen LogP contribution in [-0.2, 0) is 14.3 Å². The van der Waals surface area contributed by atoms with Gasteiger partial charge in [-0.15, -0.1) is 0 Å². The van der Waals surface area contributed by atoms with E-state index in [9.17, 15) is 9.59 Å². The quantitative estimate of drug-likeness (QED) is 0.635. The lowest BCUT2D eigenvalue weighted by atomic mass is 10.3. The maximum atomic E-state index is 11.4. The molecule has 1 aliphatic heterocycles. The van der Waals surface area contributed by atoms with Gasteiger partial charge in [-0.2, -0.15) is 0 Å². The largest absolute Gasteiger partial charge is 0.450 e. The third kappa shape index (κ3) is 5.33. The van der Waals surface area contributed by atoms with Gasteiger partial charge in [0, 0.05) is 32.7 Å². The number of nitrogens with zero attached hydrogens (tertiary/aromatic N) is 2. The van der Waals surface area contributed by atoms with Crippen LogP contribution in [0.4, 0.5) is 4.79 Å². The van der Waals surface area contributed by atoms with Gasteiger partial charge in [0.2, 0.25) is 5.91 Å². The van der Waals surface area contributed by atoms with Crippen molar-refractivity contribution in [2.45, 2.75) is 6.92 Å². The van der Waals surface area contributed by atoms with Crippen LogP contribution in [0.3, 0.4) is 0 Å². The monoisotopic (exact) mass is 259 g/mol. The Balaban J connectivity index is 2.11. The van der Waals surface area contributed by atoms with Crippen molar-refractivity contribution in [3.05, 3.63) is 0 Å². The van der Waals surface area contributed by atoms with Crippen LogP contribution in [0.5, 0.6) is 0 Å². The average Bonchev–Trinajstić information content (AvgIpc) is 2.35. The average molecular weight is 259 g/mol. The van der Waals surface area contributed by atoms with Crippen LogP contribution in [0.25, 0.3) is 0 Å². The van der Waals surface area contributed by atoms with E-state index in [0.29, 0.717) is 26.3 Å². The summed E-state index contributed by atoms with van der Waals surface area (Å²) in [6, 6.07) is 0. The van der Waals surface area contributed by atoms with E-state index >= 15 is 0 Å². The molecule has 0 aromatic rings. The lowest BCUT2D eigenvalue weighted by Crippen LogP contribution is -2.49. The molecule has 104 valence electrons. The zero-order valence-electron chi connectivity index (χ0n) is 10.8. The van der Waals surface area contributed by atoms with Crippen LogP contribution in [0.15, 0.2) is 0 Å². The molecule has 1 rings (SSSR count). The second kappa shape index (κ2) is 7.88. The summed E-state index contributed by atoms with van der Waals surface area (Å²) in [5.41, 5.74) is 4.96. The van der Waals surface area contributed by atoms with Crippen LogP contribution >= 0.6 is 0 Å². The minimum atomic E-state index is -0.456. The standard InChI is InChI=1S/C11H21N3O4/c1-2-18-11(16)14-5-3-13(4-6-14)7-8-17-9-10(12)15/h2-9H2,1H3,(H2,12,15). The van der Waals surface area contributed by atoms with Crippen LogP contribution in [0.2, 0.25) is 0 Å². The van der Waals surface area contributed by atoms with E-state index in [1.807, 2.05) is 0 Å². The first-order valence-electron chi connectivity index (χ1n) is 6.13. The highest BCUT2D eigenvalue weighted by Gasteiger charge is 2.21. The fraction of sp³-hybridized carbons (Fsp3) is 0.818. The van der Waals surface area contributed by atoms with E-state index in [1.165, 1.54) is 0 Å². The summed E-state index contributed by atoms with van der Waals surface area (Å²) in [5, 5.41) is 0. The Labute approximate surface area is 107 Å². The molecule has 0 unspecified atom stereocenters. The third-order valence-corrected chi connectivity index (χ3v) is 2.69. The highest BCUT2D eigenvalue weighted by atomic mass is 16.6. The molecule has 7 nitrogen and oxygen atoms in total. The number of hydrogen-bond acceptors (Lipinski definition) is 5. The first kappa shape index (κ1) is 14.7. The summed E-state index contributed by atoms with van der Waals surface area (Å²) in [7, 11) is 0. The number of nitrogens with two attached hydrogens (primary N) is 1. The number of piperazine rings is 1. The molecule has 0 bridgehead atoms. The molecule has 1 aliphatic rings. The summed E-state index contributed by atoms with van der Waals surface area (Å²) in [6.45, 7) is 6.28. The molecule has 1 heterocycles. The molecule has 2 amide bonds. The molecule has 0 radical (unpaired) electrons. The number of carbonyl (C=O) groups excluding carboxylic acids is 2. The van der Waals surface area contributed by atoms with Gasteiger partial charge in [0.25, 0.3) is 0 Å². The molecule has 1 fully saturated rings. The van der Waals surface area contributed by atoms with Gasteiger partial charge < -0.3 is 20.1 Å². The molecule has 0 spiro atoms. The van der Waals surface area contributed by atoms with Crippen LogP contribution in [0.1, 0.15) is 6.92 Å². The molecule has 0 aromatic heterocycles. The molecular weight excluding hydrogens is 238 g/mol. The maximum Gasteiger partial charge on any atom is 0.409 e. The van der Waals surface area contributed by atoms with Crippen molar-refractivity contribution in [3.8, 4) is 0 Å². The molecular formula is C11H21N3O4. The van der Waals surface area contributed by atoms with Gasteiger partial charge in [-0.3, -0.25) is 9.69 Å². The number of rotatable bonds is 6.